The number of nitrogens with zero attached hydrogens (tertiary/aromatic N) is 3. The highest BCUT2D eigenvalue weighted by atomic mass is 19.1. The van der Waals surface area contributed by atoms with Crippen LogP contribution in [-0.4, -0.2) is 33.9 Å². The van der Waals surface area contributed by atoms with Crippen molar-refractivity contribution in [2.24, 2.45) is 11.8 Å². The van der Waals surface area contributed by atoms with Crippen LogP contribution in [0.1, 0.15) is 66.8 Å². The number of rotatable bonds is 4. The van der Waals surface area contributed by atoms with Gasteiger partial charge in [-0.1, -0.05) is 6.92 Å². The standard InChI is InChI=1S/C25H29F2N3O/c1-14-7-18-9-15(2)29(21(8-14)10-18)13-23(31)24-16(3)30(17(4)25(24)27)20-6-5-19(12-28)22(26)11-20/h5-6,11,14-15,18,21H,7-10,13H2,1-4H3. The van der Waals surface area contributed by atoms with E-state index in [2.05, 4.69) is 18.7 Å². The van der Waals surface area contributed by atoms with E-state index in [9.17, 15) is 9.18 Å². The maximum atomic E-state index is 15.2. The number of fused-ring (bicyclic) bond motifs is 2. The van der Waals surface area contributed by atoms with E-state index in [-0.39, 0.29) is 29.1 Å². The second-order valence-electron chi connectivity index (χ2n) is 9.48. The van der Waals surface area contributed by atoms with Gasteiger partial charge in [0.05, 0.1) is 23.4 Å². The Hall–Kier alpha value is -2.52. The van der Waals surface area contributed by atoms with Crippen molar-refractivity contribution in [3.8, 4) is 11.8 Å². The van der Waals surface area contributed by atoms with Crippen molar-refractivity contribution < 1.29 is 13.6 Å². The van der Waals surface area contributed by atoms with Crippen molar-refractivity contribution in [2.75, 3.05) is 6.54 Å². The maximum Gasteiger partial charge on any atom is 0.181 e. The third-order valence-corrected chi connectivity index (χ3v) is 7.23. The molecule has 1 aliphatic carbocycles. The largest absolute Gasteiger partial charge is 0.315 e. The van der Waals surface area contributed by atoms with Crippen LogP contribution in [0.15, 0.2) is 18.2 Å². The molecular formula is C25H29F2N3O. The number of carbonyl (C=O) groups is 1. The fourth-order valence-electron chi connectivity index (χ4n) is 5.92. The van der Waals surface area contributed by atoms with Crippen molar-refractivity contribution in [1.82, 2.24) is 9.47 Å². The zero-order valence-electron chi connectivity index (χ0n) is 18.6. The zero-order valence-corrected chi connectivity index (χ0v) is 18.6. The summed E-state index contributed by atoms with van der Waals surface area (Å²) >= 11 is 0. The lowest BCUT2D eigenvalue weighted by Gasteiger charge is -2.48. The normalized spacial score (nSPS) is 26.0. The van der Waals surface area contributed by atoms with Crippen molar-refractivity contribution in [3.63, 3.8) is 0 Å². The minimum absolute atomic E-state index is 0.0675. The van der Waals surface area contributed by atoms with Crippen molar-refractivity contribution in [3.05, 3.63) is 52.3 Å². The van der Waals surface area contributed by atoms with Gasteiger partial charge in [0.15, 0.2) is 11.6 Å². The van der Waals surface area contributed by atoms with Crippen LogP contribution < -0.4 is 0 Å². The predicted molar refractivity (Wildman–Crippen MR) is 115 cm³/mol. The number of halogens is 2. The molecule has 2 heterocycles. The van der Waals surface area contributed by atoms with Crippen molar-refractivity contribution in [2.45, 2.75) is 65.5 Å². The van der Waals surface area contributed by atoms with Crippen LogP contribution in [0.25, 0.3) is 5.69 Å². The Labute approximate surface area is 182 Å². The van der Waals surface area contributed by atoms with Gasteiger partial charge in [0, 0.05) is 23.5 Å². The van der Waals surface area contributed by atoms with Gasteiger partial charge in [-0.3, -0.25) is 9.69 Å². The molecular weight excluding hydrogens is 396 g/mol. The van der Waals surface area contributed by atoms with Gasteiger partial charge in [-0.25, -0.2) is 8.78 Å². The number of nitriles is 1. The number of hydrogen-bond acceptors (Lipinski definition) is 3. The summed E-state index contributed by atoms with van der Waals surface area (Å²) in [5.41, 5.74) is 1.15. The first-order valence-electron chi connectivity index (χ1n) is 11.1. The van der Waals surface area contributed by atoms with Gasteiger partial charge in [0.25, 0.3) is 0 Å². The zero-order chi connectivity index (χ0) is 22.4. The molecule has 1 aliphatic heterocycles. The monoisotopic (exact) mass is 425 g/mol. The van der Waals surface area contributed by atoms with E-state index in [1.807, 2.05) is 0 Å². The molecule has 2 aromatic rings. The van der Waals surface area contributed by atoms with E-state index in [1.165, 1.54) is 18.6 Å². The van der Waals surface area contributed by atoms with Crippen molar-refractivity contribution in [1.29, 1.82) is 5.26 Å². The van der Waals surface area contributed by atoms with Gasteiger partial charge in [-0.2, -0.15) is 5.26 Å². The lowest BCUT2D eigenvalue weighted by Crippen LogP contribution is -2.52. The third-order valence-electron chi connectivity index (χ3n) is 7.23. The Morgan fingerprint density at radius 1 is 1.13 bits per heavy atom. The fraction of sp³-hybridized carbons (Fsp3) is 0.520. The SMILES string of the molecule is Cc1c(F)c(C(=O)CN2C(C)CC3CC(C)CC2C3)c(C)n1-c1ccc(C#N)c(F)c1. The second kappa shape index (κ2) is 8.20. The lowest BCUT2D eigenvalue weighted by atomic mass is 9.72. The molecule has 0 radical (unpaired) electrons. The molecule has 4 atom stereocenters. The Morgan fingerprint density at radius 3 is 2.55 bits per heavy atom. The summed E-state index contributed by atoms with van der Waals surface area (Å²) in [5.74, 6) is -0.0599. The van der Waals surface area contributed by atoms with E-state index >= 15 is 4.39 Å². The number of hydrogen-bond donors (Lipinski definition) is 0. The number of piperidine rings is 1. The number of carbonyl (C=O) groups excluding carboxylic acids is 1. The smallest absolute Gasteiger partial charge is 0.181 e. The van der Waals surface area contributed by atoms with Crippen LogP contribution in [0.5, 0.6) is 0 Å². The van der Waals surface area contributed by atoms with E-state index in [0.29, 0.717) is 29.4 Å². The topological polar surface area (TPSA) is 49.0 Å². The summed E-state index contributed by atoms with van der Waals surface area (Å²) in [5, 5.41) is 8.96. The van der Waals surface area contributed by atoms with E-state index in [1.54, 1.807) is 30.6 Å². The van der Waals surface area contributed by atoms with Gasteiger partial charge in [-0.05, 0) is 76.5 Å². The minimum Gasteiger partial charge on any atom is -0.315 e. The number of Topliss-reactive ketones (excluding diaryl/α,β-unsaturated/α-hetero) is 1. The fourth-order valence-corrected chi connectivity index (χ4v) is 5.92. The van der Waals surface area contributed by atoms with Gasteiger partial charge in [0.2, 0.25) is 0 Å². The molecule has 0 N–H and O–H groups in total. The quantitative estimate of drug-likeness (QED) is 0.623. The van der Waals surface area contributed by atoms with Gasteiger partial charge in [-0.15, -0.1) is 0 Å². The van der Waals surface area contributed by atoms with E-state index < -0.39 is 11.6 Å². The first-order chi connectivity index (χ1) is 14.7. The molecule has 2 bridgehead atoms. The molecule has 4 rings (SSSR count). The highest BCUT2D eigenvalue weighted by Crippen LogP contribution is 2.40. The first-order valence-corrected chi connectivity index (χ1v) is 11.1. The first kappa shape index (κ1) is 21.7. The molecule has 164 valence electrons. The highest BCUT2D eigenvalue weighted by Gasteiger charge is 2.39. The average molecular weight is 426 g/mol. The summed E-state index contributed by atoms with van der Waals surface area (Å²) in [6.07, 6.45) is 4.55. The maximum absolute atomic E-state index is 15.2. The van der Waals surface area contributed by atoms with Crippen LogP contribution in [0.2, 0.25) is 0 Å². The van der Waals surface area contributed by atoms with Crippen LogP contribution in [0.4, 0.5) is 8.78 Å². The van der Waals surface area contributed by atoms with E-state index in [4.69, 9.17) is 5.26 Å². The van der Waals surface area contributed by atoms with Gasteiger partial charge < -0.3 is 4.57 Å². The molecule has 4 unspecified atom stereocenters. The molecule has 31 heavy (non-hydrogen) atoms. The van der Waals surface area contributed by atoms with Crippen LogP contribution in [0, 0.1) is 48.6 Å². The molecule has 1 aromatic carbocycles. The molecule has 0 amide bonds. The second-order valence-corrected chi connectivity index (χ2v) is 9.48. The number of benzene rings is 1. The number of ketones is 1. The molecule has 1 saturated carbocycles. The summed E-state index contributed by atoms with van der Waals surface area (Å²) in [6, 6.07) is 6.63. The Kier molecular flexibility index (Phi) is 5.74. The van der Waals surface area contributed by atoms with Crippen LogP contribution in [-0.2, 0) is 0 Å². The molecule has 1 saturated heterocycles. The molecule has 4 nitrogen and oxygen atoms in total. The third kappa shape index (κ3) is 3.80. The molecule has 2 aliphatic rings. The van der Waals surface area contributed by atoms with E-state index in [0.717, 1.165) is 25.2 Å². The number of likely N-dealkylation sites (tertiary alicyclic amines) is 1. The number of aromatic nitrogens is 1. The summed E-state index contributed by atoms with van der Waals surface area (Å²) < 4.78 is 31.0. The highest BCUT2D eigenvalue weighted by molar-refractivity contribution is 5.99. The lowest BCUT2D eigenvalue weighted by molar-refractivity contribution is 0.0136. The minimum atomic E-state index is -0.663. The van der Waals surface area contributed by atoms with Gasteiger partial charge in [0.1, 0.15) is 11.9 Å². The van der Waals surface area contributed by atoms with Crippen LogP contribution in [0.3, 0.4) is 0 Å². The Balaban J connectivity index is 1.64. The van der Waals surface area contributed by atoms with Crippen LogP contribution >= 0.6 is 0 Å². The van der Waals surface area contributed by atoms with Crippen molar-refractivity contribution >= 4 is 5.78 Å². The Bertz CT molecular complexity index is 1060. The van der Waals surface area contributed by atoms with Gasteiger partial charge >= 0.3 is 0 Å². The predicted octanol–water partition coefficient (Wildman–Crippen LogP) is 5.33. The summed E-state index contributed by atoms with van der Waals surface area (Å²) in [4.78, 5) is 15.6. The summed E-state index contributed by atoms with van der Waals surface area (Å²) in [7, 11) is 0. The summed E-state index contributed by atoms with van der Waals surface area (Å²) in [6.45, 7) is 7.93. The molecule has 1 aromatic heterocycles. The molecule has 2 fully saturated rings. The molecule has 6 heteroatoms. The molecule has 0 spiro atoms. The average Bonchev–Trinajstić information content (AvgIpc) is 2.93. The Morgan fingerprint density at radius 2 is 1.87 bits per heavy atom.